The molecule has 1 aromatic carbocycles. The third-order valence-electron chi connectivity index (χ3n) is 3.58. The molecule has 1 unspecified atom stereocenters. The zero-order valence-corrected chi connectivity index (χ0v) is 11.6. The average Bonchev–Trinajstić information content (AvgIpc) is 2.39. The number of anilines is 1. The third-order valence-corrected chi connectivity index (χ3v) is 3.58. The van der Waals surface area contributed by atoms with Crippen molar-refractivity contribution in [2.75, 3.05) is 31.7 Å². The van der Waals surface area contributed by atoms with Gasteiger partial charge in [0, 0.05) is 20.2 Å². The van der Waals surface area contributed by atoms with E-state index in [0.717, 1.165) is 43.9 Å². The van der Waals surface area contributed by atoms with Crippen molar-refractivity contribution < 1.29 is 14.6 Å². The molecule has 104 valence electrons. The van der Waals surface area contributed by atoms with Crippen LogP contribution < -0.4 is 4.90 Å². The Morgan fingerprint density at radius 1 is 1.53 bits per heavy atom. The fourth-order valence-electron chi connectivity index (χ4n) is 2.58. The molecule has 1 heterocycles. The number of carboxylic acids is 1. The lowest BCUT2D eigenvalue weighted by Crippen LogP contribution is -2.31. The van der Waals surface area contributed by atoms with Crippen LogP contribution in [-0.2, 0) is 4.74 Å². The Morgan fingerprint density at radius 3 is 2.95 bits per heavy atom. The summed E-state index contributed by atoms with van der Waals surface area (Å²) >= 11 is 0. The van der Waals surface area contributed by atoms with Crippen LogP contribution in [0, 0.1) is 12.8 Å². The van der Waals surface area contributed by atoms with Crippen LogP contribution in [0.15, 0.2) is 18.2 Å². The van der Waals surface area contributed by atoms with Crippen molar-refractivity contribution >= 4 is 11.7 Å². The van der Waals surface area contributed by atoms with Gasteiger partial charge in [0.25, 0.3) is 0 Å². The van der Waals surface area contributed by atoms with Crippen molar-refractivity contribution in [3.8, 4) is 0 Å². The van der Waals surface area contributed by atoms with Crippen LogP contribution in [0.1, 0.15) is 28.8 Å². The van der Waals surface area contributed by atoms with Gasteiger partial charge in [0.2, 0.25) is 0 Å². The number of benzene rings is 1. The third kappa shape index (κ3) is 3.47. The summed E-state index contributed by atoms with van der Waals surface area (Å²) in [6.07, 6.45) is 2.25. The smallest absolute Gasteiger partial charge is 0.337 e. The number of rotatable bonds is 4. The minimum absolute atomic E-state index is 0.366. The van der Waals surface area contributed by atoms with Crippen LogP contribution in [0.2, 0.25) is 0 Å². The van der Waals surface area contributed by atoms with Gasteiger partial charge in [0.1, 0.15) is 0 Å². The normalized spacial score (nSPS) is 19.2. The van der Waals surface area contributed by atoms with E-state index in [4.69, 9.17) is 4.74 Å². The number of carbonyl (C=O) groups is 1. The summed E-state index contributed by atoms with van der Waals surface area (Å²) in [6.45, 7) is 4.44. The lowest BCUT2D eigenvalue weighted by molar-refractivity contribution is 0.0576. The molecular formula is C15H21NO3. The first-order chi connectivity index (χ1) is 9.08. The van der Waals surface area contributed by atoms with Crippen molar-refractivity contribution in [1.29, 1.82) is 0 Å². The maximum absolute atomic E-state index is 11.3. The van der Waals surface area contributed by atoms with E-state index in [0.29, 0.717) is 11.5 Å². The van der Waals surface area contributed by atoms with E-state index in [1.165, 1.54) is 0 Å². The molecule has 1 fully saturated rings. The molecule has 0 aromatic heterocycles. The molecule has 1 saturated heterocycles. The van der Waals surface area contributed by atoms with E-state index < -0.39 is 5.97 Å². The summed E-state index contributed by atoms with van der Waals surface area (Å²) in [5, 5.41) is 9.26. The Bertz CT molecular complexity index is 453. The van der Waals surface area contributed by atoms with Crippen LogP contribution in [0.5, 0.6) is 0 Å². The number of hydrogen-bond acceptors (Lipinski definition) is 3. The highest BCUT2D eigenvalue weighted by molar-refractivity contribution is 5.94. The van der Waals surface area contributed by atoms with E-state index >= 15 is 0 Å². The molecule has 1 aromatic rings. The van der Waals surface area contributed by atoms with E-state index in [1.807, 2.05) is 31.0 Å². The monoisotopic (exact) mass is 263 g/mol. The molecular weight excluding hydrogens is 242 g/mol. The lowest BCUT2D eigenvalue weighted by atomic mass is 10.0. The quantitative estimate of drug-likeness (QED) is 0.907. The molecule has 0 aliphatic carbocycles. The minimum Gasteiger partial charge on any atom is -0.478 e. The molecule has 0 amide bonds. The van der Waals surface area contributed by atoms with E-state index in [1.54, 1.807) is 6.07 Å². The van der Waals surface area contributed by atoms with Crippen molar-refractivity contribution in [2.24, 2.45) is 5.92 Å². The van der Waals surface area contributed by atoms with Gasteiger partial charge in [-0.2, -0.15) is 0 Å². The van der Waals surface area contributed by atoms with Crippen LogP contribution in [0.4, 0.5) is 5.69 Å². The average molecular weight is 263 g/mol. The van der Waals surface area contributed by atoms with Crippen LogP contribution >= 0.6 is 0 Å². The van der Waals surface area contributed by atoms with Crippen molar-refractivity contribution in [3.05, 3.63) is 29.3 Å². The molecule has 0 radical (unpaired) electrons. The number of aryl methyl sites for hydroxylation is 1. The first-order valence-corrected chi connectivity index (χ1v) is 6.70. The zero-order valence-electron chi connectivity index (χ0n) is 11.6. The minimum atomic E-state index is -0.873. The molecule has 1 N–H and O–H groups in total. The van der Waals surface area contributed by atoms with Gasteiger partial charge in [-0.1, -0.05) is 6.07 Å². The van der Waals surface area contributed by atoms with E-state index in [9.17, 15) is 9.90 Å². The molecule has 4 heteroatoms. The highest BCUT2D eigenvalue weighted by Crippen LogP contribution is 2.24. The maximum Gasteiger partial charge on any atom is 0.337 e. The Labute approximate surface area is 114 Å². The number of carboxylic acid groups (broad SMARTS) is 1. The Morgan fingerprint density at radius 2 is 2.32 bits per heavy atom. The second-order valence-electron chi connectivity index (χ2n) is 5.29. The SMILES string of the molecule is Cc1ccc(C(=O)O)c(N(C)CC2CCCOC2)c1. The molecule has 1 atom stereocenters. The summed E-state index contributed by atoms with van der Waals surface area (Å²) in [5.74, 6) is -0.386. The van der Waals surface area contributed by atoms with Crippen LogP contribution in [-0.4, -0.2) is 37.9 Å². The number of aromatic carboxylic acids is 1. The van der Waals surface area contributed by atoms with Crippen LogP contribution in [0.25, 0.3) is 0 Å². The summed E-state index contributed by atoms with van der Waals surface area (Å²) < 4.78 is 5.48. The summed E-state index contributed by atoms with van der Waals surface area (Å²) in [7, 11) is 1.95. The standard InChI is InChI=1S/C15H21NO3/c1-11-5-6-13(15(17)18)14(8-11)16(2)9-12-4-3-7-19-10-12/h5-6,8,12H,3-4,7,9-10H2,1-2H3,(H,17,18). The lowest BCUT2D eigenvalue weighted by Gasteiger charge is -2.29. The maximum atomic E-state index is 11.3. The molecule has 0 spiro atoms. The summed E-state index contributed by atoms with van der Waals surface area (Å²) in [5.41, 5.74) is 2.23. The van der Waals surface area contributed by atoms with Crippen molar-refractivity contribution in [1.82, 2.24) is 0 Å². The fraction of sp³-hybridized carbons (Fsp3) is 0.533. The Kier molecular flexibility index (Phi) is 4.43. The number of ether oxygens (including phenoxy) is 1. The van der Waals surface area contributed by atoms with Crippen molar-refractivity contribution in [3.63, 3.8) is 0 Å². The number of hydrogen-bond donors (Lipinski definition) is 1. The largest absolute Gasteiger partial charge is 0.478 e. The highest BCUT2D eigenvalue weighted by Gasteiger charge is 2.19. The summed E-state index contributed by atoms with van der Waals surface area (Å²) in [4.78, 5) is 13.3. The first-order valence-electron chi connectivity index (χ1n) is 6.70. The van der Waals surface area contributed by atoms with Crippen molar-refractivity contribution in [2.45, 2.75) is 19.8 Å². The predicted octanol–water partition coefficient (Wildman–Crippen LogP) is 2.56. The van der Waals surface area contributed by atoms with Gasteiger partial charge in [-0.05, 0) is 43.4 Å². The molecule has 1 aliphatic heterocycles. The molecule has 1 aliphatic rings. The summed E-state index contributed by atoms with van der Waals surface area (Å²) in [6, 6.07) is 5.46. The molecule has 2 rings (SSSR count). The molecule has 19 heavy (non-hydrogen) atoms. The molecule has 4 nitrogen and oxygen atoms in total. The molecule has 0 bridgehead atoms. The van der Waals surface area contributed by atoms with Gasteiger partial charge >= 0.3 is 5.97 Å². The van der Waals surface area contributed by atoms with Gasteiger partial charge < -0.3 is 14.7 Å². The first kappa shape index (κ1) is 13.9. The fourth-order valence-corrected chi connectivity index (χ4v) is 2.58. The Hall–Kier alpha value is -1.55. The predicted molar refractivity (Wildman–Crippen MR) is 75.0 cm³/mol. The second-order valence-corrected chi connectivity index (χ2v) is 5.29. The van der Waals surface area contributed by atoms with Gasteiger partial charge in [-0.3, -0.25) is 0 Å². The number of nitrogens with zero attached hydrogens (tertiary/aromatic N) is 1. The van der Waals surface area contributed by atoms with Crippen LogP contribution in [0.3, 0.4) is 0 Å². The van der Waals surface area contributed by atoms with Gasteiger partial charge in [0.15, 0.2) is 0 Å². The van der Waals surface area contributed by atoms with Gasteiger partial charge in [-0.25, -0.2) is 4.79 Å². The second kappa shape index (κ2) is 6.06. The van der Waals surface area contributed by atoms with Gasteiger partial charge in [0.05, 0.1) is 17.9 Å². The van der Waals surface area contributed by atoms with E-state index in [2.05, 4.69) is 0 Å². The van der Waals surface area contributed by atoms with E-state index in [-0.39, 0.29) is 0 Å². The topological polar surface area (TPSA) is 49.8 Å². The van der Waals surface area contributed by atoms with Gasteiger partial charge in [-0.15, -0.1) is 0 Å². The Balaban J connectivity index is 2.14. The highest BCUT2D eigenvalue weighted by atomic mass is 16.5. The molecule has 0 saturated carbocycles. The zero-order chi connectivity index (χ0) is 13.8.